The van der Waals surface area contributed by atoms with Crippen molar-refractivity contribution < 1.29 is 0 Å². The summed E-state index contributed by atoms with van der Waals surface area (Å²) < 4.78 is 1.84. The lowest BCUT2D eigenvalue weighted by molar-refractivity contribution is 0.831. The highest BCUT2D eigenvalue weighted by Crippen LogP contribution is 2.24. The summed E-state index contributed by atoms with van der Waals surface area (Å²) in [6.45, 7) is 2.17. The number of rotatable bonds is 5. The lowest BCUT2D eigenvalue weighted by atomic mass is 9.97. The summed E-state index contributed by atoms with van der Waals surface area (Å²) in [7, 11) is 0. The van der Waals surface area contributed by atoms with E-state index in [9.17, 15) is 5.26 Å². The van der Waals surface area contributed by atoms with Gasteiger partial charge in [-0.2, -0.15) is 10.4 Å². The Hall–Kier alpha value is -3.45. The molecule has 0 amide bonds. The van der Waals surface area contributed by atoms with Gasteiger partial charge in [0.2, 0.25) is 0 Å². The quantitative estimate of drug-likeness (QED) is 0.518. The van der Waals surface area contributed by atoms with E-state index in [0.717, 1.165) is 41.7 Å². The molecule has 0 saturated carbocycles. The van der Waals surface area contributed by atoms with Crippen molar-refractivity contribution in [1.29, 1.82) is 5.26 Å². The molecule has 4 rings (SSSR count). The number of nitriles is 1. The molecule has 27 heavy (non-hydrogen) atoms. The molecule has 0 aliphatic rings. The lowest BCUT2D eigenvalue weighted by Crippen LogP contribution is -2.03. The van der Waals surface area contributed by atoms with Gasteiger partial charge in [-0.05, 0) is 34.7 Å². The zero-order chi connectivity index (χ0) is 18.6. The van der Waals surface area contributed by atoms with Gasteiger partial charge in [-0.15, -0.1) is 0 Å². The fourth-order valence-corrected chi connectivity index (χ4v) is 3.38. The second-order valence-corrected chi connectivity index (χ2v) is 6.63. The summed E-state index contributed by atoms with van der Waals surface area (Å²) in [4.78, 5) is 4.77. The van der Waals surface area contributed by atoms with Crippen LogP contribution in [0.25, 0.3) is 16.8 Å². The highest BCUT2D eigenvalue weighted by atomic mass is 15.2. The van der Waals surface area contributed by atoms with Crippen LogP contribution in [0.1, 0.15) is 35.7 Å². The molecule has 4 aromatic rings. The Kier molecular flexibility index (Phi) is 4.67. The molecule has 2 heterocycles. The van der Waals surface area contributed by atoms with Crippen molar-refractivity contribution in [3.63, 3.8) is 0 Å². The lowest BCUT2D eigenvalue weighted by Gasteiger charge is -2.10. The third kappa shape index (κ3) is 3.45. The molecule has 0 bridgehead atoms. The Labute approximate surface area is 158 Å². The molecular weight excluding hydrogens is 332 g/mol. The Balaban J connectivity index is 1.65. The first-order chi connectivity index (χ1) is 13.3. The van der Waals surface area contributed by atoms with Gasteiger partial charge in [0.15, 0.2) is 5.65 Å². The standard InChI is InChI=1S/C23H20N4/c1-2-5-22-20(16-27-23(26-22)12-13-25-27)14-17-8-10-18(11-9-17)21-7-4-3-6-19(21)15-24/h3-4,6-13,16H,2,5,14H2,1H3. The van der Waals surface area contributed by atoms with E-state index in [0.29, 0.717) is 5.56 Å². The van der Waals surface area contributed by atoms with Gasteiger partial charge in [-0.25, -0.2) is 9.50 Å². The molecule has 2 aromatic heterocycles. The van der Waals surface area contributed by atoms with Gasteiger partial charge in [-0.3, -0.25) is 0 Å². The van der Waals surface area contributed by atoms with Crippen molar-refractivity contribution in [3.8, 4) is 17.2 Å². The first-order valence-corrected chi connectivity index (χ1v) is 9.19. The fourth-order valence-electron chi connectivity index (χ4n) is 3.38. The van der Waals surface area contributed by atoms with Gasteiger partial charge in [0.05, 0.1) is 17.8 Å². The maximum atomic E-state index is 9.31. The van der Waals surface area contributed by atoms with Crippen LogP contribution >= 0.6 is 0 Å². The van der Waals surface area contributed by atoms with Gasteiger partial charge in [0.25, 0.3) is 0 Å². The fraction of sp³-hybridized carbons (Fsp3) is 0.174. The van der Waals surface area contributed by atoms with Gasteiger partial charge in [0.1, 0.15) is 0 Å². The van der Waals surface area contributed by atoms with E-state index in [-0.39, 0.29) is 0 Å². The highest BCUT2D eigenvalue weighted by Gasteiger charge is 2.09. The van der Waals surface area contributed by atoms with Crippen molar-refractivity contribution >= 4 is 5.65 Å². The Morgan fingerprint density at radius 2 is 1.85 bits per heavy atom. The normalized spacial score (nSPS) is 10.8. The summed E-state index contributed by atoms with van der Waals surface area (Å²) in [6, 6.07) is 20.3. The van der Waals surface area contributed by atoms with Crippen LogP contribution in [0.2, 0.25) is 0 Å². The molecule has 0 aliphatic heterocycles. The number of aryl methyl sites for hydroxylation is 1. The Morgan fingerprint density at radius 3 is 2.63 bits per heavy atom. The third-order valence-corrected chi connectivity index (χ3v) is 4.74. The number of hydrogen-bond acceptors (Lipinski definition) is 3. The second-order valence-electron chi connectivity index (χ2n) is 6.63. The van der Waals surface area contributed by atoms with Gasteiger partial charge in [0, 0.05) is 24.4 Å². The van der Waals surface area contributed by atoms with Crippen LogP contribution in [0.15, 0.2) is 67.0 Å². The molecule has 0 aliphatic carbocycles. The molecule has 0 saturated heterocycles. The molecule has 0 N–H and O–H groups in total. The first kappa shape index (κ1) is 17.0. The Morgan fingerprint density at radius 1 is 1.04 bits per heavy atom. The minimum atomic E-state index is 0.698. The van der Waals surface area contributed by atoms with Crippen LogP contribution in [0, 0.1) is 11.3 Å². The predicted molar refractivity (Wildman–Crippen MR) is 106 cm³/mol. The summed E-state index contributed by atoms with van der Waals surface area (Å²) in [5, 5.41) is 13.6. The maximum absolute atomic E-state index is 9.31. The van der Waals surface area contributed by atoms with Crippen molar-refractivity contribution in [2.45, 2.75) is 26.2 Å². The third-order valence-electron chi connectivity index (χ3n) is 4.74. The van der Waals surface area contributed by atoms with Crippen LogP contribution < -0.4 is 0 Å². The minimum Gasteiger partial charge on any atom is -0.233 e. The van der Waals surface area contributed by atoms with Crippen LogP contribution in [-0.2, 0) is 12.8 Å². The number of fused-ring (bicyclic) bond motifs is 1. The van der Waals surface area contributed by atoms with E-state index < -0.39 is 0 Å². The zero-order valence-electron chi connectivity index (χ0n) is 15.3. The largest absolute Gasteiger partial charge is 0.233 e. The first-order valence-electron chi connectivity index (χ1n) is 9.19. The molecule has 0 radical (unpaired) electrons. The van der Waals surface area contributed by atoms with E-state index in [1.807, 2.05) is 34.8 Å². The van der Waals surface area contributed by atoms with Crippen LogP contribution in [0.3, 0.4) is 0 Å². The van der Waals surface area contributed by atoms with E-state index in [2.05, 4.69) is 48.6 Å². The van der Waals surface area contributed by atoms with Crippen molar-refractivity contribution in [3.05, 3.63) is 89.4 Å². The second kappa shape index (κ2) is 7.43. The summed E-state index contributed by atoms with van der Waals surface area (Å²) in [5.41, 5.74) is 7.19. The molecule has 0 unspecified atom stereocenters. The summed E-state index contributed by atoms with van der Waals surface area (Å²) >= 11 is 0. The SMILES string of the molecule is CCCc1nc2ccnn2cc1Cc1ccc(-c2ccccc2C#N)cc1. The van der Waals surface area contributed by atoms with Gasteiger partial charge in [-0.1, -0.05) is 55.8 Å². The van der Waals surface area contributed by atoms with E-state index >= 15 is 0 Å². The van der Waals surface area contributed by atoms with Crippen molar-refractivity contribution in [2.75, 3.05) is 0 Å². The van der Waals surface area contributed by atoms with E-state index in [4.69, 9.17) is 4.98 Å². The van der Waals surface area contributed by atoms with Gasteiger partial charge >= 0.3 is 0 Å². The molecule has 0 atom stereocenters. The van der Waals surface area contributed by atoms with Gasteiger partial charge < -0.3 is 0 Å². The van der Waals surface area contributed by atoms with E-state index in [1.54, 1.807) is 6.20 Å². The number of benzene rings is 2. The molecule has 2 aromatic carbocycles. The molecule has 4 nitrogen and oxygen atoms in total. The van der Waals surface area contributed by atoms with E-state index in [1.165, 1.54) is 11.1 Å². The highest BCUT2D eigenvalue weighted by molar-refractivity contribution is 5.70. The number of aromatic nitrogens is 3. The number of nitrogens with zero attached hydrogens (tertiary/aromatic N) is 4. The summed E-state index contributed by atoms with van der Waals surface area (Å²) in [6.07, 6.45) is 6.71. The average Bonchev–Trinajstić information content (AvgIpc) is 3.16. The van der Waals surface area contributed by atoms with Crippen molar-refractivity contribution in [1.82, 2.24) is 14.6 Å². The molecular formula is C23H20N4. The number of hydrogen-bond donors (Lipinski definition) is 0. The van der Waals surface area contributed by atoms with Crippen LogP contribution in [-0.4, -0.2) is 14.6 Å². The molecule has 0 spiro atoms. The smallest absolute Gasteiger partial charge is 0.155 e. The van der Waals surface area contributed by atoms with Crippen LogP contribution in [0.5, 0.6) is 0 Å². The molecule has 0 fully saturated rings. The maximum Gasteiger partial charge on any atom is 0.155 e. The van der Waals surface area contributed by atoms with Crippen LogP contribution in [0.4, 0.5) is 0 Å². The molecule has 4 heteroatoms. The summed E-state index contributed by atoms with van der Waals surface area (Å²) in [5.74, 6) is 0. The predicted octanol–water partition coefficient (Wildman–Crippen LogP) is 4.81. The zero-order valence-corrected chi connectivity index (χ0v) is 15.3. The topological polar surface area (TPSA) is 54.0 Å². The Bertz CT molecular complexity index is 1120. The average molecular weight is 352 g/mol. The van der Waals surface area contributed by atoms with Crippen molar-refractivity contribution in [2.24, 2.45) is 0 Å². The minimum absolute atomic E-state index is 0.698. The monoisotopic (exact) mass is 352 g/mol. The molecule has 132 valence electrons.